The molecule has 0 saturated heterocycles. The first kappa shape index (κ1) is 12.7. The fraction of sp³-hybridized carbons (Fsp3) is 0.333. The standard InChI is InChI=1S/C15H19NO2/c1-3-16(13-6-4-5-12(2)9-13)10-14-7-8-15(11-17)18-14/h4-9,17H,3,10-11H2,1-2H3. The van der Waals surface area contributed by atoms with E-state index < -0.39 is 0 Å². The number of aliphatic hydroxyl groups excluding tert-OH is 1. The number of furan rings is 1. The zero-order valence-corrected chi connectivity index (χ0v) is 10.9. The monoisotopic (exact) mass is 245 g/mol. The summed E-state index contributed by atoms with van der Waals surface area (Å²) >= 11 is 0. The Morgan fingerprint density at radius 3 is 2.56 bits per heavy atom. The molecule has 3 nitrogen and oxygen atoms in total. The summed E-state index contributed by atoms with van der Waals surface area (Å²) in [5.41, 5.74) is 2.45. The van der Waals surface area contributed by atoms with Gasteiger partial charge in [-0.1, -0.05) is 12.1 Å². The molecule has 1 heterocycles. The molecule has 2 rings (SSSR count). The third-order valence-electron chi connectivity index (χ3n) is 2.97. The number of hydrogen-bond donors (Lipinski definition) is 1. The van der Waals surface area contributed by atoms with Gasteiger partial charge in [-0.05, 0) is 43.7 Å². The van der Waals surface area contributed by atoms with E-state index in [0.717, 1.165) is 18.8 Å². The highest BCUT2D eigenvalue weighted by Gasteiger charge is 2.08. The summed E-state index contributed by atoms with van der Waals surface area (Å²) < 4.78 is 5.53. The Morgan fingerprint density at radius 1 is 1.17 bits per heavy atom. The third kappa shape index (κ3) is 2.93. The van der Waals surface area contributed by atoms with Gasteiger partial charge in [0.15, 0.2) is 0 Å². The predicted octanol–water partition coefficient (Wildman–Crippen LogP) is 3.11. The molecule has 2 aromatic rings. The van der Waals surface area contributed by atoms with Gasteiger partial charge in [0, 0.05) is 12.2 Å². The van der Waals surface area contributed by atoms with Crippen LogP contribution in [-0.2, 0) is 13.2 Å². The molecule has 18 heavy (non-hydrogen) atoms. The van der Waals surface area contributed by atoms with Gasteiger partial charge in [0.05, 0.1) is 6.54 Å². The Kier molecular flexibility index (Phi) is 4.05. The minimum atomic E-state index is -0.0451. The van der Waals surface area contributed by atoms with E-state index >= 15 is 0 Å². The van der Waals surface area contributed by atoms with E-state index in [4.69, 9.17) is 9.52 Å². The highest BCUT2D eigenvalue weighted by molar-refractivity contribution is 5.48. The molecular weight excluding hydrogens is 226 g/mol. The van der Waals surface area contributed by atoms with Crippen LogP contribution in [0.25, 0.3) is 0 Å². The highest BCUT2D eigenvalue weighted by Crippen LogP contribution is 2.19. The van der Waals surface area contributed by atoms with E-state index in [2.05, 4.69) is 43.0 Å². The van der Waals surface area contributed by atoms with Gasteiger partial charge in [0.1, 0.15) is 18.1 Å². The topological polar surface area (TPSA) is 36.6 Å². The number of nitrogens with zero attached hydrogens (tertiary/aromatic N) is 1. The van der Waals surface area contributed by atoms with Crippen molar-refractivity contribution >= 4 is 5.69 Å². The van der Waals surface area contributed by atoms with Crippen LogP contribution in [0.5, 0.6) is 0 Å². The zero-order chi connectivity index (χ0) is 13.0. The minimum Gasteiger partial charge on any atom is -0.462 e. The fourth-order valence-corrected chi connectivity index (χ4v) is 1.99. The Hall–Kier alpha value is -1.74. The van der Waals surface area contributed by atoms with Gasteiger partial charge in [0.25, 0.3) is 0 Å². The van der Waals surface area contributed by atoms with Crippen LogP contribution in [0.1, 0.15) is 24.0 Å². The predicted molar refractivity (Wildman–Crippen MR) is 72.5 cm³/mol. The molecule has 0 unspecified atom stereocenters. The van der Waals surface area contributed by atoms with Crippen LogP contribution >= 0.6 is 0 Å². The third-order valence-corrected chi connectivity index (χ3v) is 2.97. The molecule has 0 aliphatic carbocycles. The summed E-state index contributed by atoms with van der Waals surface area (Å²) in [5.74, 6) is 1.49. The second-order valence-corrected chi connectivity index (χ2v) is 4.38. The molecule has 0 aliphatic rings. The van der Waals surface area contributed by atoms with E-state index in [1.807, 2.05) is 12.1 Å². The van der Waals surface area contributed by atoms with Gasteiger partial charge in [-0.2, -0.15) is 0 Å². The van der Waals surface area contributed by atoms with Crippen molar-refractivity contribution in [1.82, 2.24) is 0 Å². The van der Waals surface area contributed by atoms with E-state index in [-0.39, 0.29) is 6.61 Å². The van der Waals surface area contributed by atoms with Crippen molar-refractivity contribution in [2.45, 2.75) is 27.0 Å². The van der Waals surface area contributed by atoms with Gasteiger partial charge in [-0.15, -0.1) is 0 Å². The number of anilines is 1. The van der Waals surface area contributed by atoms with E-state index in [1.54, 1.807) is 0 Å². The molecule has 1 aromatic carbocycles. The molecule has 1 N–H and O–H groups in total. The molecular formula is C15H19NO2. The molecule has 3 heteroatoms. The molecule has 0 fully saturated rings. The van der Waals surface area contributed by atoms with Gasteiger partial charge in [0.2, 0.25) is 0 Å². The van der Waals surface area contributed by atoms with Crippen LogP contribution in [0.4, 0.5) is 5.69 Å². The molecule has 0 atom stereocenters. The van der Waals surface area contributed by atoms with Gasteiger partial charge >= 0.3 is 0 Å². The van der Waals surface area contributed by atoms with Crippen LogP contribution < -0.4 is 4.90 Å². The second-order valence-electron chi connectivity index (χ2n) is 4.38. The van der Waals surface area contributed by atoms with Crippen molar-refractivity contribution in [2.75, 3.05) is 11.4 Å². The SMILES string of the molecule is CCN(Cc1ccc(CO)o1)c1cccc(C)c1. The summed E-state index contributed by atoms with van der Waals surface area (Å²) in [7, 11) is 0. The Balaban J connectivity index is 2.14. The van der Waals surface area contributed by atoms with Gasteiger partial charge in [-0.3, -0.25) is 0 Å². The van der Waals surface area contributed by atoms with Crippen LogP contribution in [0.15, 0.2) is 40.8 Å². The van der Waals surface area contributed by atoms with Gasteiger partial charge in [-0.25, -0.2) is 0 Å². The first-order chi connectivity index (χ1) is 8.72. The van der Waals surface area contributed by atoms with Crippen LogP contribution in [0, 0.1) is 6.92 Å². The fourth-order valence-electron chi connectivity index (χ4n) is 1.99. The van der Waals surface area contributed by atoms with Crippen molar-refractivity contribution in [2.24, 2.45) is 0 Å². The lowest BCUT2D eigenvalue weighted by molar-refractivity contribution is 0.243. The van der Waals surface area contributed by atoms with Crippen molar-refractivity contribution < 1.29 is 9.52 Å². The Labute approximate surface area is 108 Å². The highest BCUT2D eigenvalue weighted by atomic mass is 16.4. The van der Waals surface area contributed by atoms with Gasteiger partial charge < -0.3 is 14.4 Å². The maximum Gasteiger partial charge on any atom is 0.129 e. The quantitative estimate of drug-likeness (QED) is 0.879. The van der Waals surface area contributed by atoms with Crippen LogP contribution in [0.3, 0.4) is 0 Å². The Morgan fingerprint density at radius 2 is 1.94 bits per heavy atom. The largest absolute Gasteiger partial charge is 0.462 e. The number of aryl methyl sites for hydroxylation is 1. The maximum absolute atomic E-state index is 8.99. The first-order valence-electron chi connectivity index (χ1n) is 6.23. The smallest absolute Gasteiger partial charge is 0.129 e. The molecule has 0 aliphatic heterocycles. The van der Waals surface area contributed by atoms with Crippen LogP contribution in [-0.4, -0.2) is 11.7 Å². The van der Waals surface area contributed by atoms with E-state index in [9.17, 15) is 0 Å². The van der Waals surface area contributed by atoms with Crippen molar-refractivity contribution in [3.05, 3.63) is 53.5 Å². The normalized spacial score (nSPS) is 10.6. The molecule has 0 bridgehead atoms. The minimum absolute atomic E-state index is 0.0451. The lowest BCUT2D eigenvalue weighted by Gasteiger charge is -2.22. The lowest BCUT2D eigenvalue weighted by atomic mass is 10.2. The average molecular weight is 245 g/mol. The van der Waals surface area contributed by atoms with Crippen LogP contribution in [0.2, 0.25) is 0 Å². The summed E-state index contributed by atoms with van der Waals surface area (Å²) in [4.78, 5) is 2.24. The van der Waals surface area contributed by atoms with Crippen molar-refractivity contribution in [3.8, 4) is 0 Å². The van der Waals surface area contributed by atoms with E-state index in [1.165, 1.54) is 11.3 Å². The van der Waals surface area contributed by atoms with E-state index in [0.29, 0.717) is 5.76 Å². The summed E-state index contributed by atoms with van der Waals surface area (Å²) in [6, 6.07) is 12.2. The maximum atomic E-state index is 8.99. The number of benzene rings is 1. The summed E-state index contributed by atoms with van der Waals surface area (Å²) in [5, 5.41) is 8.99. The molecule has 96 valence electrons. The second kappa shape index (κ2) is 5.74. The molecule has 0 spiro atoms. The van der Waals surface area contributed by atoms with Crippen molar-refractivity contribution in [1.29, 1.82) is 0 Å². The first-order valence-corrected chi connectivity index (χ1v) is 6.23. The number of hydrogen-bond acceptors (Lipinski definition) is 3. The lowest BCUT2D eigenvalue weighted by Crippen LogP contribution is -2.21. The summed E-state index contributed by atoms with van der Waals surface area (Å²) in [6.07, 6.45) is 0. The summed E-state index contributed by atoms with van der Waals surface area (Å²) in [6.45, 7) is 5.81. The van der Waals surface area contributed by atoms with Crippen molar-refractivity contribution in [3.63, 3.8) is 0 Å². The molecule has 0 radical (unpaired) electrons. The Bertz CT molecular complexity index is 505. The molecule has 0 saturated carbocycles. The molecule has 1 aromatic heterocycles. The number of rotatable bonds is 5. The molecule has 0 amide bonds. The zero-order valence-electron chi connectivity index (χ0n) is 10.9. The number of aliphatic hydroxyl groups is 1. The average Bonchev–Trinajstić information content (AvgIpc) is 2.83.